The quantitative estimate of drug-likeness (QED) is 0.813. The van der Waals surface area contributed by atoms with Crippen LogP contribution in [0.2, 0.25) is 0 Å². The van der Waals surface area contributed by atoms with Gasteiger partial charge in [-0.05, 0) is 55.3 Å². The van der Waals surface area contributed by atoms with Crippen molar-refractivity contribution in [3.05, 3.63) is 71.6 Å². The van der Waals surface area contributed by atoms with Crippen molar-refractivity contribution < 1.29 is 13.9 Å². The molecule has 2 aromatic rings. The summed E-state index contributed by atoms with van der Waals surface area (Å²) in [6.07, 6.45) is 3.36. The highest BCUT2D eigenvalue weighted by molar-refractivity contribution is 5.92. The van der Waals surface area contributed by atoms with Crippen LogP contribution in [0.5, 0.6) is 0 Å². The first kappa shape index (κ1) is 19.1. The summed E-state index contributed by atoms with van der Waals surface area (Å²) in [7, 11) is 0. The van der Waals surface area contributed by atoms with Gasteiger partial charge in [0.25, 0.3) is 0 Å². The van der Waals surface area contributed by atoms with Crippen LogP contribution in [0.15, 0.2) is 54.6 Å². The molecule has 142 valence electrons. The van der Waals surface area contributed by atoms with Crippen LogP contribution in [-0.4, -0.2) is 31.7 Å². The molecule has 2 aromatic carbocycles. The minimum absolute atomic E-state index is 0.117. The molecule has 27 heavy (non-hydrogen) atoms. The Morgan fingerprint density at radius 3 is 2.81 bits per heavy atom. The summed E-state index contributed by atoms with van der Waals surface area (Å²) < 4.78 is 18.5. The van der Waals surface area contributed by atoms with Crippen molar-refractivity contribution in [1.29, 1.82) is 0 Å². The average molecular weight is 368 g/mol. The number of morpholine rings is 1. The maximum atomic E-state index is 12.9. The predicted octanol–water partition coefficient (Wildman–Crippen LogP) is 3.94. The Balaban J connectivity index is 1.61. The molecule has 1 heterocycles. The number of rotatable bonds is 5. The number of hydrogen-bond acceptors (Lipinski definition) is 3. The fourth-order valence-electron chi connectivity index (χ4n) is 3.13. The van der Waals surface area contributed by atoms with Gasteiger partial charge in [-0.2, -0.15) is 0 Å². The molecule has 1 N–H and O–H groups in total. The van der Waals surface area contributed by atoms with Crippen LogP contribution in [0.1, 0.15) is 31.0 Å². The lowest BCUT2D eigenvalue weighted by Gasteiger charge is -2.33. The summed E-state index contributed by atoms with van der Waals surface area (Å²) in [6, 6.07) is 14.1. The van der Waals surface area contributed by atoms with Gasteiger partial charge in [-0.15, -0.1) is 0 Å². The molecule has 1 amide bonds. The van der Waals surface area contributed by atoms with E-state index in [1.54, 1.807) is 18.2 Å². The van der Waals surface area contributed by atoms with Crippen LogP contribution in [0.25, 0.3) is 6.08 Å². The van der Waals surface area contributed by atoms with Crippen LogP contribution in [0.3, 0.4) is 0 Å². The van der Waals surface area contributed by atoms with Crippen molar-refractivity contribution in [3.63, 3.8) is 0 Å². The van der Waals surface area contributed by atoms with Crippen molar-refractivity contribution in [2.75, 3.05) is 24.6 Å². The van der Waals surface area contributed by atoms with Crippen molar-refractivity contribution in [1.82, 2.24) is 5.32 Å². The van der Waals surface area contributed by atoms with Gasteiger partial charge in [0.15, 0.2) is 0 Å². The molecule has 2 atom stereocenters. The fourth-order valence-corrected chi connectivity index (χ4v) is 3.13. The normalized spacial score (nSPS) is 18.5. The number of nitrogens with one attached hydrogen (secondary N) is 1. The van der Waals surface area contributed by atoms with Crippen LogP contribution >= 0.6 is 0 Å². The third-order valence-corrected chi connectivity index (χ3v) is 4.63. The van der Waals surface area contributed by atoms with Gasteiger partial charge in [0.05, 0.1) is 18.8 Å². The lowest BCUT2D eigenvalue weighted by Crippen LogP contribution is -2.41. The van der Waals surface area contributed by atoms with E-state index in [2.05, 4.69) is 29.3 Å². The Bertz CT molecular complexity index is 804. The van der Waals surface area contributed by atoms with Gasteiger partial charge in [-0.3, -0.25) is 4.79 Å². The molecule has 0 radical (unpaired) electrons. The van der Waals surface area contributed by atoms with Gasteiger partial charge in [0.2, 0.25) is 5.91 Å². The molecule has 0 bridgehead atoms. The van der Waals surface area contributed by atoms with E-state index in [9.17, 15) is 9.18 Å². The van der Waals surface area contributed by atoms with Crippen molar-refractivity contribution in [3.8, 4) is 0 Å². The molecular weight excluding hydrogens is 343 g/mol. The lowest BCUT2D eigenvalue weighted by molar-refractivity contribution is -0.117. The van der Waals surface area contributed by atoms with E-state index in [4.69, 9.17) is 4.74 Å². The highest BCUT2D eigenvalue weighted by Gasteiger charge is 2.18. The smallest absolute Gasteiger partial charge is 0.244 e. The highest BCUT2D eigenvalue weighted by Crippen LogP contribution is 2.22. The minimum Gasteiger partial charge on any atom is -0.375 e. The number of anilines is 1. The number of benzene rings is 2. The SMILES string of the molecule is CC1CN(c2cccc([C@H](C)NC(=O)/C=C/c3ccc(F)cc3)c2)CCO1. The van der Waals surface area contributed by atoms with Crippen molar-refractivity contribution in [2.45, 2.75) is 26.0 Å². The molecule has 1 aliphatic heterocycles. The Hall–Kier alpha value is -2.66. The van der Waals surface area contributed by atoms with Crippen molar-refractivity contribution >= 4 is 17.7 Å². The summed E-state index contributed by atoms with van der Waals surface area (Å²) >= 11 is 0. The third-order valence-electron chi connectivity index (χ3n) is 4.63. The largest absolute Gasteiger partial charge is 0.375 e. The van der Waals surface area contributed by atoms with Gasteiger partial charge in [0, 0.05) is 24.9 Å². The number of hydrogen-bond donors (Lipinski definition) is 1. The third kappa shape index (κ3) is 5.41. The Morgan fingerprint density at radius 2 is 2.07 bits per heavy atom. The number of carbonyl (C=O) groups excluding carboxylic acids is 1. The van der Waals surface area contributed by atoms with Gasteiger partial charge < -0.3 is 15.0 Å². The first-order valence-corrected chi connectivity index (χ1v) is 9.22. The molecule has 1 unspecified atom stereocenters. The van der Waals surface area contributed by atoms with E-state index in [0.717, 1.165) is 36.5 Å². The van der Waals surface area contributed by atoms with Gasteiger partial charge in [-0.1, -0.05) is 24.3 Å². The Labute approximate surface area is 159 Å². The van der Waals surface area contributed by atoms with Gasteiger partial charge in [0.1, 0.15) is 5.82 Å². The molecule has 5 heteroatoms. The molecule has 3 rings (SSSR count). The first-order valence-electron chi connectivity index (χ1n) is 9.22. The van der Waals surface area contributed by atoms with Crippen LogP contribution in [0.4, 0.5) is 10.1 Å². The maximum Gasteiger partial charge on any atom is 0.244 e. The molecule has 0 spiro atoms. The zero-order valence-electron chi connectivity index (χ0n) is 15.7. The summed E-state index contributed by atoms with van der Waals surface area (Å²) in [6.45, 7) is 6.50. The zero-order chi connectivity index (χ0) is 19.2. The van der Waals surface area contributed by atoms with E-state index in [-0.39, 0.29) is 23.9 Å². The summed E-state index contributed by atoms with van der Waals surface area (Å²) in [5, 5.41) is 2.97. The average Bonchev–Trinajstić information content (AvgIpc) is 2.67. The minimum atomic E-state index is -0.292. The number of amides is 1. The predicted molar refractivity (Wildman–Crippen MR) is 106 cm³/mol. The van der Waals surface area contributed by atoms with E-state index in [1.807, 2.05) is 19.1 Å². The Morgan fingerprint density at radius 1 is 1.30 bits per heavy atom. The van der Waals surface area contributed by atoms with E-state index in [0.29, 0.717) is 0 Å². The number of nitrogens with zero attached hydrogens (tertiary/aromatic N) is 1. The standard InChI is InChI=1S/C22H25FN2O2/c1-16-15-25(12-13-27-16)21-5-3-4-19(14-21)17(2)24-22(26)11-8-18-6-9-20(23)10-7-18/h3-11,14,16-17H,12-13,15H2,1-2H3,(H,24,26)/b11-8+/t16?,17-/m0/s1. The zero-order valence-corrected chi connectivity index (χ0v) is 15.7. The van der Waals surface area contributed by atoms with Crippen molar-refractivity contribution in [2.24, 2.45) is 0 Å². The summed E-state index contributed by atoms with van der Waals surface area (Å²) in [5.74, 6) is -0.475. The van der Waals surface area contributed by atoms with Crippen LogP contribution in [0, 0.1) is 5.82 Å². The number of carbonyl (C=O) groups is 1. The van der Waals surface area contributed by atoms with Crippen LogP contribution in [-0.2, 0) is 9.53 Å². The highest BCUT2D eigenvalue weighted by atomic mass is 19.1. The molecular formula is C22H25FN2O2. The Kier molecular flexibility index (Phi) is 6.24. The van der Waals surface area contributed by atoms with E-state index in [1.165, 1.54) is 18.2 Å². The van der Waals surface area contributed by atoms with Crippen LogP contribution < -0.4 is 10.2 Å². The molecule has 0 aliphatic carbocycles. The monoisotopic (exact) mass is 368 g/mol. The summed E-state index contributed by atoms with van der Waals surface area (Å²) in [4.78, 5) is 14.5. The topological polar surface area (TPSA) is 41.6 Å². The molecule has 0 aromatic heterocycles. The molecule has 4 nitrogen and oxygen atoms in total. The number of halogens is 1. The van der Waals surface area contributed by atoms with E-state index >= 15 is 0 Å². The number of ether oxygens (including phenoxy) is 1. The second-order valence-corrected chi connectivity index (χ2v) is 6.84. The van der Waals surface area contributed by atoms with Gasteiger partial charge >= 0.3 is 0 Å². The second kappa shape index (κ2) is 8.82. The molecule has 1 saturated heterocycles. The fraction of sp³-hybridized carbons (Fsp3) is 0.318. The van der Waals surface area contributed by atoms with Gasteiger partial charge in [-0.25, -0.2) is 4.39 Å². The summed E-state index contributed by atoms with van der Waals surface area (Å²) in [5.41, 5.74) is 2.98. The molecule has 1 aliphatic rings. The molecule has 0 saturated carbocycles. The maximum absolute atomic E-state index is 12.9. The van der Waals surface area contributed by atoms with E-state index < -0.39 is 0 Å². The molecule has 1 fully saturated rings. The second-order valence-electron chi connectivity index (χ2n) is 6.84. The lowest BCUT2D eigenvalue weighted by atomic mass is 10.1. The first-order chi connectivity index (χ1) is 13.0.